The number of oxime groups is 1. The number of carbonyl (C=O) groups excluding carboxylic acids is 1. The molecule has 0 aliphatic heterocycles. The van der Waals surface area contributed by atoms with Crippen molar-refractivity contribution in [2.45, 2.75) is 19.8 Å². The standard InChI is InChI=1S/C18H24N2O2/c1-5-11-20(12-6-2)18(21)14-22-19-13-16-7-9-17(10-8-16)15(3)4/h5-10,13,15H,1-2,11-12,14H2,3-4H3/b19-13+. The number of hydrogen-bond acceptors (Lipinski definition) is 3. The van der Waals surface area contributed by atoms with E-state index in [4.69, 9.17) is 4.84 Å². The molecule has 0 saturated heterocycles. The molecule has 0 N–H and O–H groups in total. The van der Waals surface area contributed by atoms with Gasteiger partial charge in [0.15, 0.2) is 6.61 Å². The fourth-order valence-electron chi connectivity index (χ4n) is 1.84. The van der Waals surface area contributed by atoms with Gasteiger partial charge in [-0.2, -0.15) is 0 Å². The Morgan fingerprint density at radius 1 is 1.23 bits per heavy atom. The number of nitrogens with zero attached hydrogens (tertiary/aromatic N) is 2. The van der Waals surface area contributed by atoms with Gasteiger partial charge in [0.25, 0.3) is 5.91 Å². The van der Waals surface area contributed by atoms with Crippen LogP contribution in [0.15, 0.2) is 54.7 Å². The Bertz CT molecular complexity index is 508. The van der Waals surface area contributed by atoms with Crippen molar-refractivity contribution in [1.82, 2.24) is 4.90 Å². The Kier molecular flexibility index (Phi) is 7.68. The highest BCUT2D eigenvalue weighted by molar-refractivity contribution is 5.80. The van der Waals surface area contributed by atoms with Crippen molar-refractivity contribution in [3.63, 3.8) is 0 Å². The van der Waals surface area contributed by atoms with Crippen LogP contribution in [0, 0.1) is 0 Å². The van der Waals surface area contributed by atoms with Gasteiger partial charge < -0.3 is 9.74 Å². The van der Waals surface area contributed by atoms with Crippen LogP contribution in [0.1, 0.15) is 30.9 Å². The Balaban J connectivity index is 2.46. The van der Waals surface area contributed by atoms with Gasteiger partial charge in [0.05, 0.1) is 6.21 Å². The molecule has 1 rings (SSSR count). The summed E-state index contributed by atoms with van der Waals surface area (Å²) in [5.41, 5.74) is 2.21. The smallest absolute Gasteiger partial charge is 0.263 e. The lowest BCUT2D eigenvalue weighted by molar-refractivity contribution is -0.135. The molecular weight excluding hydrogens is 276 g/mol. The molecule has 0 heterocycles. The molecule has 0 atom stereocenters. The summed E-state index contributed by atoms with van der Waals surface area (Å²) >= 11 is 0. The Hall–Kier alpha value is -2.36. The maximum Gasteiger partial charge on any atom is 0.263 e. The topological polar surface area (TPSA) is 41.9 Å². The molecule has 0 saturated carbocycles. The lowest BCUT2D eigenvalue weighted by atomic mass is 10.0. The molecule has 1 amide bonds. The van der Waals surface area contributed by atoms with E-state index in [1.54, 1.807) is 23.3 Å². The van der Waals surface area contributed by atoms with E-state index in [1.807, 2.05) is 12.1 Å². The minimum Gasteiger partial charge on any atom is -0.386 e. The van der Waals surface area contributed by atoms with Crippen LogP contribution in [0.4, 0.5) is 0 Å². The fourth-order valence-corrected chi connectivity index (χ4v) is 1.84. The molecule has 4 nitrogen and oxygen atoms in total. The lowest BCUT2D eigenvalue weighted by Gasteiger charge is -2.18. The van der Waals surface area contributed by atoms with E-state index in [0.717, 1.165) is 5.56 Å². The van der Waals surface area contributed by atoms with E-state index < -0.39 is 0 Å². The van der Waals surface area contributed by atoms with E-state index in [2.05, 4.69) is 44.3 Å². The molecule has 22 heavy (non-hydrogen) atoms. The van der Waals surface area contributed by atoms with Gasteiger partial charge in [-0.25, -0.2) is 0 Å². The quantitative estimate of drug-likeness (QED) is 0.399. The summed E-state index contributed by atoms with van der Waals surface area (Å²) in [6.07, 6.45) is 4.94. The minimum atomic E-state index is -0.146. The number of hydrogen-bond donors (Lipinski definition) is 0. The SMILES string of the molecule is C=CCN(CC=C)C(=O)CO/N=C/c1ccc(C(C)C)cc1. The van der Waals surface area contributed by atoms with Crippen LogP contribution in [0.25, 0.3) is 0 Å². The molecule has 4 heteroatoms. The van der Waals surface area contributed by atoms with Gasteiger partial charge in [0, 0.05) is 13.1 Å². The molecule has 0 aliphatic rings. The maximum absolute atomic E-state index is 11.9. The summed E-state index contributed by atoms with van der Waals surface area (Å²) < 4.78 is 0. The lowest BCUT2D eigenvalue weighted by Crippen LogP contribution is -2.33. The van der Waals surface area contributed by atoms with Gasteiger partial charge in [-0.3, -0.25) is 4.79 Å². The first-order chi connectivity index (χ1) is 10.6. The molecule has 0 radical (unpaired) electrons. The van der Waals surface area contributed by atoms with Crippen molar-refractivity contribution < 1.29 is 9.63 Å². The molecule has 1 aromatic rings. The van der Waals surface area contributed by atoms with E-state index in [1.165, 1.54) is 5.56 Å². The number of carbonyl (C=O) groups is 1. The van der Waals surface area contributed by atoms with Crippen molar-refractivity contribution in [2.24, 2.45) is 5.16 Å². The second-order valence-corrected chi connectivity index (χ2v) is 5.21. The third-order valence-electron chi connectivity index (χ3n) is 3.12. The number of benzene rings is 1. The summed E-state index contributed by atoms with van der Waals surface area (Å²) in [5, 5.41) is 3.83. The van der Waals surface area contributed by atoms with Crippen molar-refractivity contribution >= 4 is 12.1 Å². The van der Waals surface area contributed by atoms with E-state index in [-0.39, 0.29) is 12.5 Å². The highest BCUT2D eigenvalue weighted by atomic mass is 16.6. The zero-order valence-corrected chi connectivity index (χ0v) is 13.4. The largest absolute Gasteiger partial charge is 0.386 e. The van der Waals surface area contributed by atoms with Gasteiger partial charge in [0.1, 0.15) is 0 Å². The van der Waals surface area contributed by atoms with Gasteiger partial charge in [-0.15, -0.1) is 13.2 Å². The third kappa shape index (κ3) is 5.95. The van der Waals surface area contributed by atoms with Gasteiger partial charge in [-0.1, -0.05) is 55.4 Å². The zero-order valence-electron chi connectivity index (χ0n) is 13.4. The summed E-state index contributed by atoms with van der Waals surface area (Å²) in [4.78, 5) is 18.5. The average Bonchev–Trinajstić information content (AvgIpc) is 2.51. The van der Waals surface area contributed by atoms with Crippen molar-refractivity contribution in [2.75, 3.05) is 19.7 Å². The second kappa shape index (κ2) is 9.55. The van der Waals surface area contributed by atoms with E-state index in [0.29, 0.717) is 19.0 Å². The predicted octanol–water partition coefficient (Wildman–Crippen LogP) is 3.36. The van der Waals surface area contributed by atoms with Crippen LogP contribution in [-0.2, 0) is 9.63 Å². The molecule has 0 aromatic heterocycles. The normalized spacial score (nSPS) is 10.7. The van der Waals surface area contributed by atoms with E-state index in [9.17, 15) is 4.79 Å². The molecular formula is C18H24N2O2. The Labute approximate surface area is 132 Å². The van der Waals surface area contributed by atoms with Gasteiger partial charge in [-0.05, 0) is 17.0 Å². The van der Waals surface area contributed by atoms with Gasteiger partial charge >= 0.3 is 0 Å². The van der Waals surface area contributed by atoms with Crippen LogP contribution >= 0.6 is 0 Å². The van der Waals surface area contributed by atoms with Gasteiger partial charge in [0.2, 0.25) is 0 Å². The third-order valence-corrected chi connectivity index (χ3v) is 3.12. The average molecular weight is 300 g/mol. The van der Waals surface area contributed by atoms with Crippen LogP contribution in [0.5, 0.6) is 0 Å². The van der Waals surface area contributed by atoms with Crippen LogP contribution in [-0.4, -0.2) is 36.7 Å². The first-order valence-corrected chi connectivity index (χ1v) is 7.33. The highest BCUT2D eigenvalue weighted by Crippen LogP contribution is 2.13. The molecule has 0 fully saturated rings. The predicted molar refractivity (Wildman–Crippen MR) is 91.1 cm³/mol. The molecule has 1 aromatic carbocycles. The molecule has 0 spiro atoms. The van der Waals surface area contributed by atoms with Crippen LogP contribution in [0.2, 0.25) is 0 Å². The molecule has 0 aliphatic carbocycles. The fraction of sp³-hybridized carbons (Fsp3) is 0.333. The molecule has 118 valence electrons. The van der Waals surface area contributed by atoms with E-state index >= 15 is 0 Å². The number of rotatable bonds is 9. The van der Waals surface area contributed by atoms with Crippen molar-refractivity contribution in [3.05, 3.63) is 60.7 Å². The summed E-state index contributed by atoms with van der Waals surface area (Å²) in [5.74, 6) is 0.354. The maximum atomic E-state index is 11.9. The Morgan fingerprint density at radius 2 is 1.82 bits per heavy atom. The number of amides is 1. The summed E-state index contributed by atoms with van der Waals surface area (Å²) in [7, 11) is 0. The molecule has 0 unspecified atom stereocenters. The summed E-state index contributed by atoms with van der Waals surface area (Å²) in [6.45, 7) is 12.4. The first-order valence-electron chi connectivity index (χ1n) is 7.33. The first kappa shape index (κ1) is 17.7. The Morgan fingerprint density at radius 3 is 2.32 bits per heavy atom. The highest BCUT2D eigenvalue weighted by Gasteiger charge is 2.10. The monoisotopic (exact) mass is 300 g/mol. The zero-order chi connectivity index (χ0) is 16.4. The van der Waals surface area contributed by atoms with Crippen molar-refractivity contribution in [3.8, 4) is 0 Å². The summed E-state index contributed by atoms with van der Waals surface area (Å²) in [6, 6.07) is 8.08. The minimum absolute atomic E-state index is 0.0950. The van der Waals surface area contributed by atoms with Crippen LogP contribution in [0.3, 0.4) is 0 Å². The molecule has 0 bridgehead atoms. The second-order valence-electron chi connectivity index (χ2n) is 5.21. The van der Waals surface area contributed by atoms with Crippen molar-refractivity contribution in [1.29, 1.82) is 0 Å². The van der Waals surface area contributed by atoms with Crippen LogP contribution < -0.4 is 0 Å².